The first-order chi connectivity index (χ1) is 8.58. The summed E-state index contributed by atoms with van der Waals surface area (Å²) in [7, 11) is 1.41. The predicted molar refractivity (Wildman–Crippen MR) is 68.1 cm³/mol. The van der Waals surface area contributed by atoms with Gasteiger partial charge < -0.3 is 9.15 Å². The lowest BCUT2D eigenvalue weighted by molar-refractivity contribution is -0.143. The molecule has 0 fully saturated rings. The van der Waals surface area contributed by atoms with Crippen LogP contribution in [0.5, 0.6) is 0 Å². The van der Waals surface area contributed by atoms with E-state index in [-0.39, 0.29) is 12.0 Å². The van der Waals surface area contributed by atoms with Gasteiger partial charge in [0.1, 0.15) is 11.8 Å². The van der Waals surface area contributed by atoms with Gasteiger partial charge in [0.2, 0.25) is 5.89 Å². The van der Waals surface area contributed by atoms with Crippen molar-refractivity contribution in [1.82, 2.24) is 10.3 Å². The van der Waals surface area contributed by atoms with Gasteiger partial charge in [0, 0.05) is 0 Å². The van der Waals surface area contributed by atoms with Crippen LogP contribution in [0.15, 0.2) is 4.42 Å². The van der Waals surface area contributed by atoms with Crippen LogP contribution in [0.25, 0.3) is 0 Å². The molecule has 1 rings (SSSR count). The van der Waals surface area contributed by atoms with Crippen molar-refractivity contribution in [3.63, 3.8) is 0 Å². The zero-order valence-corrected chi connectivity index (χ0v) is 11.6. The molecule has 0 bridgehead atoms. The Labute approximate surface area is 108 Å². The van der Waals surface area contributed by atoms with Gasteiger partial charge in [0.05, 0.1) is 19.3 Å². The molecule has 5 heteroatoms. The summed E-state index contributed by atoms with van der Waals surface area (Å²) >= 11 is 0. The number of methoxy groups -OCH3 is 1. The first-order valence-corrected chi connectivity index (χ1v) is 6.32. The second-order valence-corrected chi connectivity index (χ2v) is 4.35. The molecule has 1 unspecified atom stereocenters. The number of rotatable bonds is 7. The molecule has 0 aliphatic rings. The number of carbonyl (C=O) groups is 1. The minimum atomic E-state index is -0.289. The zero-order valence-electron chi connectivity index (χ0n) is 11.6. The van der Waals surface area contributed by atoms with Gasteiger partial charge in [-0.15, -0.1) is 0 Å². The Kier molecular flexibility index (Phi) is 5.85. The van der Waals surface area contributed by atoms with Gasteiger partial charge in [-0.25, -0.2) is 4.98 Å². The summed E-state index contributed by atoms with van der Waals surface area (Å²) in [4.78, 5) is 15.8. The Bertz CT molecular complexity index is 368. The lowest BCUT2D eigenvalue weighted by Crippen LogP contribution is -2.37. The van der Waals surface area contributed by atoms with Crippen molar-refractivity contribution >= 4 is 5.97 Å². The lowest BCUT2D eigenvalue weighted by atomic mass is 10.1. The van der Waals surface area contributed by atoms with Gasteiger partial charge >= 0.3 is 5.97 Å². The van der Waals surface area contributed by atoms with Crippen molar-refractivity contribution in [2.45, 2.75) is 52.6 Å². The summed E-state index contributed by atoms with van der Waals surface area (Å²) in [5.41, 5.74) is 0.884. The van der Waals surface area contributed by atoms with E-state index < -0.39 is 0 Å². The number of ether oxygens (including phenoxy) is 1. The number of esters is 1. The largest absolute Gasteiger partial charge is 0.468 e. The van der Waals surface area contributed by atoms with Gasteiger partial charge in [-0.05, 0) is 20.3 Å². The van der Waals surface area contributed by atoms with Crippen LogP contribution >= 0.6 is 0 Å². The van der Waals surface area contributed by atoms with Gasteiger partial charge in [0.25, 0.3) is 0 Å². The van der Waals surface area contributed by atoms with Crippen LogP contribution in [-0.2, 0) is 16.1 Å². The van der Waals surface area contributed by atoms with Gasteiger partial charge in [-0.3, -0.25) is 10.1 Å². The number of carbonyl (C=O) groups excluding carboxylic acids is 1. The van der Waals surface area contributed by atoms with Crippen molar-refractivity contribution in [2.24, 2.45) is 0 Å². The molecule has 0 aliphatic heterocycles. The highest BCUT2D eigenvalue weighted by molar-refractivity contribution is 5.75. The Hall–Kier alpha value is -1.36. The second kappa shape index (κ2) is 7.16. The number of hydrogen-bond acceptors (Lipinski definition) is 5. The van der Waals surface area contributed by atoms with Crippen LogP contribution in [0, 0.1) is 13.8 Å². The number of nitrogens with zero attached hydrogens (tertiary/aromatic N) is 1. The van der Waals surface area contributed by atoms with Crippen LogP contribution < -0.4 is 5.32 Å². The van der Waals surface area contributed by atoms with Crippen LogP contribution in [-0.4, -0.2) is 24.1 Å². The minimum absolute atomic E-state index is 0.233. The quantitative estimate of drug-likeness (QED) is 0.755. The molecule has 0 aromatic carbocycles. The normalized spacial score (nSPS) is 12.4. The van der Waals surface area contributed by atoms with E-state index in [1.807, 2.05) is 13.8 Å². The smallest absolute Gasteiger partial charge is 0.322 e. The summed E-state index contributed by atoms with van der Waals surface area (Å²) in [5.74, 6) is 1.19. The zero-order chi connectivity index (χ0) is 13.5. The molecule has 5 nitrogen and oxygen atoms in total. The van der Waals surface area contributed by atoms with Crippen LogP contribution in [0.1, 0.15) is 43.5 Å². The van der Waals surface area contributed by atoms with Crippen LogP contribution in [0.3, 0.4) is 0 Å². The molecule has 0 radical (unpaired) electrons. The maximum Gasteiger partial charge on any atom is 0.322 e. The molecule has 1 atom stereocenters. The molecular weight excluding hydrogens is 232 g/mol. The Morgan fingerprint density at radius 3 is 2.72 bits per heavy atom. The summed E-state index contributed by atoms with van der Waals surface area (Å²) < 4.78 is 10.2. The van der Waals surface area contributed by atoms with E-state index in [2.05, 4.69) is 17.2 Å². The molecule has 102 valence electrons. The topological polar surface area (TPSA) is 64.4 Å². The monoisotopic (exact) mass is 254 g/mol. The van der Waals surface area contributed by atoms with Crippen molar-refractivity contribution in [1.29, 1.82) is 0 Å². The molecule has 0 spiro atoms. The third-order valence-corrected chi connectivity index (χ3v) is 2.90. The molecule has 0 saturated carbocycles. The minimum Gasteiger partial charge on any atom is -0.468 e. The Morgan fingerprint density at radius 1 is 1.50 bits per heavy atom. The fraction of sp³-hybridized carbons (Fsp3) is 0.692. The van der Waals surface area contributed by atoms with E-state index in [1.54, 1.807) is 0 Å². The van der Waals surface area contributed by atoms with E-state index in [0.717, 1.165) is 30.7 Å². The van der Waals surface area contributed by atoms with Gasteiger partial charge in [-0.2, -0.15) is 0 Å². The van der Waals surface area contributed by atoms with E-state index in [4.69, 9.17) is 9.15 Å². The molecule has 1 aromatic rings. The molecule has 1 heterocycles. The van der Waals surface area contributed by atoms with Crippen molar-refractivity contribution in [2.75, 3.05) is 7.11 Å². The highest BCUT2D eigenvalue weighted by Gasteiger charge is 2.18. The second-order valence-electron chi connectivity index (χ2n) is 4.35. The number of unbranched alkanes of at least 4 members (excludes halogenated alkanes) is 1. The first kappa shape index (κ1) is 14.7. The van der Waals surface area contributed by atoms with Crippen LogP contribution in [0.4, 0.5) is 0 Å². The number of oxazole rings is 1. The third kappa shape index (κ3) is 4.14. The van der Waals surface area contributed by atoms with Crippen molar-refractivity contribution in [3.05, 3.63) is 17.3 Å². The molecular formula is C13H22N2O3. The summed E-state index contributed by atoms with van der Waals surface area (Å²) in [5, 5.41) is 3.13. The summed E-state index contributed by atoms with van der Waals surface area (Å²) in [6.45, 7) is 6.31. The molecule has 18 heavy (non-hydrogen) atoms. The fourth-order valence-corrected chi connectivity index (χ4v) is 1.68. The van der Waals surface area contributed by atoms with E-state index in [0.29, 0.717) is 12.4 Å². The summed E-state index contributed by atoms with van der Waals surface area (Å²) in [6, 6.07) is -0.289. The van der Waals surface area contributed by atoms with Gasteiger partial charge in [0.15, 0.2) is 0 Å². The summed E-state index contributed by atoms with van der Waals surface area (Å²) in [6.07, 6.45) is 2.80. The molecule has 0 saturated heterocycles. The number of hydrogen-bond donors (Lipinski definition) is 1. The van der Waals surface area contributed by atoms with E-state index in [9.17, 15) is 4.79 Å². The number of aryl methyl sites for hydroxylation is 2. The maximum absolute atomic E-state index is 11.6. The first-order valence-electron chi connectivity index (χ1n) is 6.32. The van der Waals surface area contributed by atoms with E-state index in [1.165, 1.54) is 7.11 Å². The maximum atomic E-state index is 11.6. The van der Waals surface area contributed by atoms with Crippen LogP contribution in [0.2, 0.25) is 0 Å². The standard InChI is InChI=1S/C13H22N2O3/c1-5-6-7-11(13(16)17-4)14-8-12-15-9(2)10(3)18-12/h11,14H,5-8H2,1-4H3. The molecule has 1 N–H and O–H groups in total. The SMILES string of the molecule is CCCCC(NCc1nc(C)c(C)o1)C(=O)OC. The number of nitrogens with one attached hydrogen (secondary N) is 1. The Balaban J connectivity index is 2.52. The average molecular weight is 254 g/mol. The van der Waals surface area contributed by atoms with Gasteiger partial charge in [-0.1, -0.05) is 19.8 Å². The average Bonchev–Trinajstić information content (AvgIpc) is 2.68. The van der Waals surface area contributed by atoms with Crippen molar-refractivity contribution in [3.8, 4) is 0 Å². The fourth-order valence-electron chi connectivity index (χ4n) is 1.68. The highest BCUT2D eigenvalue weighted by atomic mass is 16.5. The third-order valence-electron chi connectivity index (χ3n) is 2.90. The lowest BCUT2D eigenvalue weighted by Gasteiger charge is -2.14. The predicted octanol–water partition coefficient (Wildman–Crippen LogP) is 2.11. The number of aromatic nitrogens is 1. The highest BCUT2D eigenvalue weighted by Crippen LogP contribution is 2.09. The molecule has 0 amide bonds. The Morgan fingerprint density at radius 2 is 2.22 bits per heavy atom. The van der Waals surface area contributed by atoms with Crippen molar-refractivity contribution < 1.29 is 13.9 Å². The van der Waals surface area contributed by atoms with E-state index >= 15 is 0 Å². The molecule has 1 aromatic heterocycles. The molecule has 0 aliphatic carbocycles.